The molecule has 25 heavy (non-hydrogen) atoms. The van der Waals surface area contributed by atoms with Gasteiger partial charge in [0, 0.05) is 25.0 Å². The molecule has 7 nitrogen and oxygen atoms in total. The molecule has 3 unspecified atom stereocenters. The average molecular weight is 362 g/mol. The third kappa shape index (κ3) is 2.79. The summed E-state index contributed by atoms with van der Waals surface area (Å²) in [7, 11) is -3.60. The van der Waals surface area contributed by atoms with E-state index in [2.05, 4.69) is 28.1 Å². The number of benzene rings is 1. The highest BCUT2D eigenvalue weighted by molar-refractivity contribution is 7.89. The number of nitrogens with one attached hydrogen (secondary N) is 2. The van der Waals surface area contributed by atoms with Crippen LogP contribution in [0.15, 0.2) is 39.8 Å². The van der Waals surface area contributed by atoms with Crippen molar-refractivity contribution < 1.29 is 12.9 Å². The number of rotatable bonds is 3. The Morgan fingerprint density at radius 3 is 2.64 bits per heavy atom. The molecule has 8 heteroatoms. The lowest BCUT2D eigenvalue weighted by Crippen LogP contribution is -2.47. The molecule has 2 aliphatic rings. The van der Waals surface area contributed by atoms with Crippen LogP contribution in [-0.4, -0.2) is 37.0 Å². The maximum atomic E-state index is 13.1. The quantitative estimate of drug-likeness (QED) is 0.861. The van der Waals surface area contributed by atoms with Gasteiger partial charge < -0.3 is 4.52 Å². The lowest BCUT2D eigenvalue weighted by atomic mass is 9.86. The van der Waals surface area contributed by atoms with Gasteiger partial charge in [-0.15, -0.1) is 0 Å². The van der Waals surface area contributed by atoms with E-state index in [-0.39, 0.29) is 22.9 Å². The minimum atomic E-state index is -3.60. The van der Waals surface area contributed by atoms with E-state index in [0.29, 0.717) is 24.5 Å². The van der Waals surface area contributed by atoms with E-state index >= 15 is 0 Å². The van der Waals surface area contributed by atoms with Crippen molar-refractivity contribution >= 4 is 10.0 Å². The van der Waals surface area contributed by atoms with Gasteiger partial charge in [0.15, 0.2) is 5.76 Å². The molecule has 2 aromatic rings. The number of hydrogen-bond acceptors (Lipinski definition) is 6. The Morgan fingerprint density at radius 1 is 1.20 bits per heavy atom. The summed E-state index contributed by atoms with van der Waals surface area (Å²) in [6, 6.07) is 10.5. The summed E-state index contributed by atoms with van der Waals surface area (Å²) >= 11 is 0. The number of aryl methyl sites for hydroxylation is 2. The molecule has 1 aromatic heterocycles. The Bertz CT molecular complexity index is 846. The van der Waals surface area contributed by atoms with Gasteiger partial charge in [-0.05, 0) is 25.8 Å². The van der Waals surface area contributed by atoms with E-state index in [1.54, 1.807) is 18.2 Å². The highest BCUT2D eigenvalue weighted by atomic mass is 32.2. The van der Waals surface area contributed by atoms with Crippen LogP contribution in [0.25, 0.3) is 0 Å². The number of hydrogen-bond donors (Lipinski definition) is 2. The molecule has 2 saturated heterocycles. The molecule has 0 bridgehead atoms. The highest BCUT2D eigenvalue weighted by Gasteiger charge is 2.44. The normalized spacial score (nSPS) is 27.4. The van der Waals surface area contributed by atoms with Gasteiger partial charge in [-0.3, -0.25) is 5.43 Å². The number of aromatic nitrogens is 1. The van der Waals surface area contributed by atoms with Crippen molar-refractivity contribution in [2.45, 2.75) is 37.2 Å². The van der Waals surface area contributed by atoms with Crippen LogP contribution in [0.4, 0.5) is 0 Å². The van der Waals surface area contributed by atoms with E-state index in [1.807, 2.05) is 18.2 Å². The summed E-state index contributed by atoms with van der Waals surface area (Å²) in [6.45, 7) is 4.27. The number of nitrogens with zero attached hydrogens (tertiary/aromatic N) is 2. The van der Waals surface area contributed by atoms with Crippen LogP contribution in [0.1, 0.15) is 29.5 Å². The zero-order valence-electron chi connectivity index (χ0n) is 14.3. The largest absolute Gasteiger partial charge is 0.360 e. The fourth-order valence-electron chi connectivity index (χ4n) is 3.95. The fraction of sp³-hybridized carbons (Fsp3) is 0.471. The van der Waals surface area contributed by atoms with Gasteiger partial charge in [0.1, 0.15) is 10.6 Å². The Hall–Kier alpha value is -1.74. The Labute approximate surface area is 147 Å². The number of fused-ring (bicyclic) bond motifs is 1. The molecule has 3 heterocycles. The van der Waals surface area contributed by atoms with Crippen LogP contribution >= 0.6 is 0 Å². The first-order valence-electron chi connectivity index (χ1n) is 8.47. The van der Waals surface area contributed by atoms with Crippen LogP contribution in [0.3, 0.4) is 0 Å². The lowest BCUT2D eigenvalue weighted by molar-refractivity contribution is 0.234. The van der Waals surface area contributed by atoms with Crippen molar-refractivity contribution in [1.82, 2.24) is 20.3 Å². The van der Waals surface area contributed by atoms with Gasteiger partial charge in [0.05, 0.1) is 6.04 Å². The van der Waals surface area contributed by atoms with Crippen LogP contribution in [0.2, 0.25) is 0 Å². The number of hydrazine groups is 1. The lowest BCUT2D eigenvalue weighted by Gasteiger charge is -2.35. The predicted molar refractivity (Wildman–Crippen MR) is 92.1 cm³/mol. The molecule has 1 aromatic carbocycles. The first-order chi connectivity index (χ1) is 12.0. The molecule has 0 spiro atoms. The monoisotopic (exact) mass is 362 g/mol. The van der Waals surface area contributed by atoms with E-state index in [0.717, 1.165) is 6.42 Å². The summed E-state index contributed by atoms with van der Waals surface area (Å²) in [4.78, 5) is 0.209. The van der Waals surface area contributed by atoms with Crippen LogP contribution in [0, 0.1) is 19.8 Å². The molecule has 0 radical (unpaired) electrons. The second-order valence-electron chi connectivity index (χ2n) is 6.75. The summed E-state index contributed by atoms with van der Waals surface area (Å²) in [5.41, 5.74) is 8.26. The third-order valence-corrected chi connectivity index (χ3v) is 7.31. The van der Waals surface area contributed by atoms with E-state index in [9.17, 15) is 8.42 Å². The first kappa shape index (κ1) is 16.7. The number of piperidine rings is 1. The molecule has 2 aliphatic heterocycles. The van der Waals surface area contributed by atoms with Gasteiger partial charge >= 0.3 is 0 Å². The maximum absolute atomic E-state index is 13.1. The Kier molecular flexibility index (Phi) is 4.15. The van der Waals surface area contributed by atoms with Gasteiger partial charge in [0.25, 0.3) is 0 Å². The smallest absolute Gasteiger partial charge is 0.248 e. The van der Waals surface area contributed by atoms with Crippen molar-refractivity contribution in [1.29, 1.82) is 0 Å². The SMILES string of the molecule is Cc1noc(C)c1S(=O)(=O)N1CCC2NNC(c3ccccc3)C2C1. The minimum Gasteiger partial charge on any atom is -0.360 e. The number of sulfonamides is 1. The molecular weight excluding hydrogens is 340 g/mol. The predicted octanol–water partition coefficient (Wildman–Crippen LogP) is 1.52. The van der Waals surface area contributed by atoms with Gasteiger partial charge in [-0.1, -0.05) is 35.5 Å². The van der Waals surface area contributed by atoms with E-state index in [4.69, 9.17) is 4.52 Å². The molecular formula is C17H22N4O3S. The summed E-state index contributed by atoms with van der Waals surface area (Å²) in [5, 5.41) is 3.80. The maximum Gasteiger partial charge on any atom is 0.248 e. The second-order valence-corrected chi connectivity index (χ2v) is 8.63. The molecule has 0 saturated carbocycles. The molecule has 0 amide bonds. The van der Waals surface area contributed by atoms with Crippen LogP contribution in [-0.2, 0) is 10.0 Å². The van der Waals surface area contributed by atoms with E-state index in [1.165, 1.54) is 5.56 Å². The molecule has 2 fully saturated rings. The summed E-state index contributed by atoms with van der Waals surface area (Å²) < 4.78 is 32.9. The molecule has 0 aliphatic carbocycles. The van der Waals surface area contributed by atoms with Crippen LogP contribution < -0.4 is 10.9 Å². The third-order valence-electron chi connectivity index (χ3n) is 5.20. The van der Waals surface area contributed by atoms with Crippen molar-refractivity contribution in [2.24, 2.45) is 5.92 Å². The Morgan fingerprint density at radius 2 is 1.96 bits per heavy atom. The highest BCUT2D eigenvalue weighted by Crippen LogP contribution is 2.36. The summed E-state index contributed by atoms with van der Waals surface area (Å²) in [5.74, 6) is 0.522. The van der Waals surface area contributed by atoms with Crippen LogP contribution in [0.5, 0.6) is 0 Å². The topological polar surface area (TPSA) is 87.5 Å². The van der Waals surface area contributed by atoms with Crippen molar-refractivity contribution in [2.75, 3.05) is 13.1 Å². The van der Waals surface area contributed by atoms with Crippen molar-refractivity contribution in [3.63, 3.8) is 0 Å². The Balaban J connectivity index is 1.62. The molecule has 3 atom stereocenters. The second kappa shape index (κ2) is 6.21. The fourth-order valence-corrected chi connectivity index (χ4v) is 5.74. The molecule has 4 rings (SSSR count). The zero-order valence-corrected chi connectivity index (χ0v) is 15.1. The van der Waals surface area contributed by atoms with E-state index < -0.39 is 10.0 Å². The standard InChI is InChI=1S/C17H22N4O3S/c1-11-17(12(2)24-20-11)25(22,23)21-9-8-15-14(10-21)16(19-18-15)13-6-4-3-5-7-13/h3-7,14-16,18-19H,8-10H2,1-2H3. The average Bonchev–Trinajstić information content (AvgIpc) is 3.18. The van der Waals surface area contributed by atoms with Crippen molar-refractivity contribution in [3.05, 3.63) is 47.3 Å². The van der Waals surface area contributed by atoms with Gasteiger partial charge in [-0.2, -0.15) is 4.31 Å². The first-order valence-corrected chi connectivity index (χ1v) is 9.91. The summed E-state index contributed by atoms with van der Waals surface area (Å²) in [6.07, 6.45) is 0.767. The minimum absolute atomic E-state index is 0.0915. The van der Waals surface area contributed by atoms with Crippen molar-refractivity contribution in [3.8, 4) is 0 Å². The zero-order chi connectivity index (χ0) is 17.6. The van der Waals surface area contributed by atoms with Gasteiger partial charge in [-0.25, -0.2) is 13.8 Å². The molecule has 134 valence electrons. The van der Waals surface area contributed by atoms with Gasteiger partial charge in [0.2, 0.25) is 10.0 Å². The molecule has 2 N–H and O–H groups in total.